The van der Waals surface area contributed by atoms with Crippen molar-refractivity contribution in [3.8, 4) is 17.0 Å². The number of hydrogen-bond donors (Lipinski definition) is 1. The van der Waals surface area contributed by atoms with Crippen molar-refractivity contribution in [1.29, 1.82) is 0 Å². The topological polar surface area (TPSA) is 38.6 Å². The fourth-order valence-corrected chi connectivity index (χ4v) is 3.01. The van der Waals surface area contributed by atoms with Crippen LogP contribution in [-0.4, -0.2) is 22.2 Å². The van der Waals surface area contributed by atoms with Crippen LogP contribution in [0.4, 0.5) is 10.1 Å². The summed E-state index contributed by atoms with van der Waals surface area (Å²) in [5.41, 5.74) is 3.05. The third-order valence-electron chi connectivity index (χ3n) is 3.45. The number of benzene rings is 1. The predicted molar refractivity (Wildman–Crippen MR) is 93.5 cm³/mol. The molecule has 0 saturated heterocycles. The third-order valence-corrected chi connectivity index (χ3v) is 4.43. The van der Waals surface area contributed by atoms with Gasteiger partial charge in [0.2, 0.25) is 0 Å². The van der Waals surface area contributed by atoms with E-state index >= 15 is 0 Å². The molecule has 0 bridgehead atoms. The summed E-state index contributed by atoms with van der Waals surface area (Å²) in [6.45, 7) is 2.10. The summed E-state index contributed by atoms with van der Waals surface area (Å²) in [5, 5.41) is 0. The molecule has 0 unspecified atom stereocenters. The van der Waals surface area contributed by atoms with Crippen molar-refractivity contribution in [3.63, 3.8) is 0 Å². The number of imidazole rings is 1. The first-order chi connectivity index (χ1) is 11.2. The van der Waals surface area contributed by atoms with Crippen molar-refractivity contribution in [2.75, 3.05) is 17.6 Å². The minimum absolute atomic E-state index is 0.228. The first kappa shape index (κ1) is 15.7. The van der Waals surface area contributed by atoms with E-state index in [0.29, 0.717) is 5.69 Å². The monoisotopic (exact) mass is 331 g/mol. The Morgan fingerprint density at radius 2 is 2.22 bits per heavy atom. The average molecular weight is 331 g/mol. The molecule has 1 aromatic carbocycles. The lowest BCUT2D eigenvalue weighted by atomic mass is 10.1. The van der Waals surface area contributed by atoms with Crippen molar-refractivity contribution >= 4 is 23.3 Å². The van der Waals surface area contributed by atoms with Gasteiger partial charge in [-0.05, 0) is 30.7 Å². The van der Waals surface area contributed by atoms with Gasteiger partial charge in [0.05, 0.1) is 24.7 Å². The molecule has 0 saturated carbocycles. The van der Waals surface area contributed by atoms with Crippen molar-refractivity contribution in [2.45, 2.75) is 13.3 Å². The quantitative estimate of drug-likeness (QED) is 0.528. The summed E-state index contributed by atoms with van der Waals surface area (Å²) in [6, 6.07) is 9.13. The number of halogens is 1. The summed E-state index contributed by atoms with van der Waals surface area (Å²) in [7, 11) is 1.47. The molecule has 3 aromatic rings. The minimum atomic E-state index is -0.393. The number of hydrogen-bond acceptors (Lipinski definition) is 4. The maximum Gasteiger partial charge on any atom is 0.178 e. The molecule has 1 N–H and O–H groups in total. The molecule has 3 rings (SSSR count). The number of nitrogens with one attached hydrogen (secondary N) is 1. The molecule has 0 aliphatic carbocycles. The molecular formula is C17H18FN3OS. The molecular weight excluding hydrogens is 313 g/mol. The van der Waals surface area contributed by atoms with Crippen LogP contribution in [0.1, 0.15) is 13.3 Å². The number of pyridine rings is 1. The zero-order valence-corrected chi connectivity index (χ0v) is 13.9. The molecule has 120 valence electrons. The second-order valence-electron chi connectivity index (χ2n) is 5.06. The maximum atomic E-state index is 14.4. The van der Waals surface area contributed by atoms with Gasteiger partial charge in [-0.25, -0.2) is 9.37 Å². The first-order valence-corrected chi connectivity index (χ1v) is 8.41. The molecule has 0 fully saturated rings. The molecule has 0 radical (unpaired) electrons. The zero-order valence-electron chi connectivity index (χ0n) is 13.0. The van der Waals surface area contributed by atoms with Crippen LogP contribution in [0.25, 0.3) is 16.9 Å². The standard InChI is InChI=1S/C17H18FN3OS/c1-3-8-23-20-14-10-12(9-13(18)17(14)22-2)15-11-19-16-6-4-5-7-21(15)16/h4-7,9-11,20H,3,8H2,1-2H3. The summed E-state index contributed by atoms with van der Waals surface area (Å²) in [4.78, 5) is 4.36. The zero-order chi connectivity index (χ0) is 16.2. The molecule has 0 amide bonds. The van der Waals surface area contributed by atoms with Gasteiger partial charge in [0.15, 0.2) is 11.6 Å². The van der Waals surface area contributed by atoms with Crippen molar-refractivity contribution < 1.29 is 9.13 Å². The SMILES string of the molecule is CCCSNc1cc(-c2cnc3ccccn23)cc(F)c1OC. The second-order valence-corrected chi connectivity index (χ2v) is 5.96. The van der Waals surface area contributed by atoms with E-state index in [1.807, 2.05) is 34.9 Å². The molecule has 23 heavy (non-hydrogen) atoms. The Hall–Kier alpha value is -2.21. The normalized spacial score (nSPS) is 10.9. The molecule has 2 aromatic heterocycles. The number of rotatable bonds is 6. The van der Waals surface area contributed by atoms with Gasteiger partial charge in [-0.15, -0.1) is 0 Å². The third kappa shape index (κ3) is 3.12. The molecule has 6 heteroatoms. The summed E-state index contributed by atoms with van der Waals surface area (Å²) in [5.74, 6) is 0.770. The largest absolute Gasteiger partial charge is 0.492 e. The highest BCUT2D eigenvalue weighted by Gasteiger charge is 2.15. The van der Waals surface area contributed by atoms with Crippen LogP contribution in [0.5, 0.6) is 5.75 Å². The lowest BCUT2D eigenvalue weighted by molar-refractivity contribution is 0.389. The van der Waals surface area contributed by atoms with Gasteiger partial charge in [0.25, 0.3) is 0 Å². The van der Waals surface area contributed by atoms with Gasteiger partial charge >= 0.3 is 0 Å². The van der Waals surface area contributed by atoms with E-state index < -0.39 is 5.82 Å². The van der Waals surface area contributed by atoms with Crippen LogP contribution >= 0.6 is 11.9 Å². The van der Waals surface area contributed by atoms with E-state index in [1.54, 1.807) is 6.20 Å². The number of aromatic nitrogens is 2. The highest BCUT2D eigenvalue weighted by Crippen LogP contribution is 2.35. The Kier molecular flexibility index (Phi) is 4.71. The molecule has 0 aliphatic rings. The molecule has 0 atom stereocenters. The fraction of sp³-hybridized carbons (Fsp3) is 0.235. The fourth-order valence-electron chi connectivity index (χ4n) is 2.40. The van der Waals surface area contributed by atoms with Crippen LogP contribution in [0.15, 0.2) is 42.7 Å². The summed E-state index contributed by atoms with van der Waals surface area (Å²) < 4.78 is 24.7. The molecule has 4 nitrogen and oxygen atoms in total. The van der Waals surface area contributed by atoms with Crippen LogP contribution < -0.4 is 9.46 Å². The number of fused-ring (bicyclic) bond motifs is 1. The van der Waals surface area contributed by atoms with Crippen LogP contribution in [0.3, 0.4) is 0 Å². The molecule has 0 spiro atoms. The summed E-state index contributed by atoms with van der Waals surface area (Å²) >= 11 is 1.54. The average Bonchev–Trinajstić information content (AvgIpc) is 2.99. The lowest BCUT2D eigenvalue weighted by Gasteiger charge is -2.13. The first-order valence-electron chi connectivity index (χ1n) is 7.42. The Bertz CT molecular complexity index is 819. The smallest absolute Gasteiger partial charge is 0.178 e. The Morgan fingerprint density at radius 3 is 3.00 bits per heavy atom. The van der Waals surface area contributed by atoms with E-state index in [4.69, 9.17) is 4.74 Å². The number of ether oxygens (including phenoxy) is 1. The number of methoxy groups -OCH3 is 1. The minimum Gasteiger partial charge on any atom is -0.492 e. The van der Waals surface area contributed by atoms with E-state index in [-0.39, 0.29) is 5.75 Å². The molecule has 2 heterocycles. The van der Waals surface area contributed by atoms with E-state index in [9.17, 15) is 4.39 Å². The number of nitrogens with zero attached hydrogens (tertiary/aromatic N) is 2. The second kappa shape index (κ2) is 6.91. The number of anilines is 1. The van der Waals surface area contributed by atoms with Gasteiger partial charge in [0.1, 0.15) is 5.65 Å². The van der Waals surface area contributed by atoms with E-state index in [0.717, 1.165) is 29.1 Å². The predicted octanol–water partition coefficient (Wildman–Crippen LogP) is 4.62. The Labute approximate surface area is 138 Å². The van der Waals surface area contributed by atoms with Crippen molar-refractivity contribution in [3.05, 3.63) is 48.5 Å². The maximum absolute atomic E-state index is 14.4. The molecule has 0 aliphatic heterocycles. The van der Waals surface area contributed by atoms with Crippen molar-refractivity contribution in [1.82, 2.24) is 9.38 Å². The van der Waals surface area contributed by atoms with Crippen LogP contribution in [-0.2, 0) is 0 Å². The summed E-state index contributed by atoms with van der Waals surface area (Å²) in [6.07, 6.45) is 4.70. The highest BCUT2D eigenvalue weighted by atomic mass is 32.2. The van der Waals surface area contributed by atoms with Gasteiger partial charge in [-0.2, -0.15) is 0 Å². The van der Waals surface area contributed by atoms with Crippen molar-refractivity contribution in [2.24, 2.45) is 0 Å². The lowest BCUT2D eigenvalue weighted by Crippen LogP contribution is -1.98. The van der Waals surface area contributed by atoms with Gasteiger partial charge in [-0.1, -0.05) is 24.9 Å². The highest BCUT2D eigenvalue weighted by molar-refractivity contribution is 8.00. The Morgan fingerprint density at radius 1 is 1.35 bits per heavy atom. The van der Waals surface area contributed by atoms with Crippen LogP contribution in [0, 0.1) is 5.82 Å². The van der Waals surface area contributed by atoms with Gasteiger partial charge in [-0.3, -0.25) is 4.40 Å². The Balaban J connectivity index is 2.05. The van der Waals surface area contributed by atoms with Gasteiger partial charge in [0, 0.05) is 17.5 Å². The van der Waals surface area contributed by atoms with E-state index in [2.05, 4.69) is 16.6 Å². The van der Waals surface area contributed by atoms with E-state index in [1.165, 1.54) is 25.1 Å². The van der Waals surface area contributed by atoms with Crippen LogP contribution in [0.2, 0.25) is 0 Å². The van der Waals surface area contributed by atoms with Gasteiger partial charge < -0.3 is 9.46 Å².